The fraction of sp³-hybridized carbons (Fsp3) is 1.00. The molecule has 0 aromatic carbocycles. The minimum Gasteiger partial charge on any atom is -0.155 e. The van der Waals surface area contributed by atoms with Crippen molar-refractivity contribution in [2.75, 3.05) is 5.75 Å². The van der Waals surface area contributed by atoms with Crippen LogP contribution in [0.4, 0.5) is 0 Å². The van der Waals surface area contributed by atoms with Crippen LogP contribution in [0, 0.1) is 16.7 Å². The fourth-order valence-corrected chi connectivity index (χ4v) is 5.92. The van der Waals surface area contributed by atoms with E-state index >= 15 is 0 Å². The Labute approximate surface area is 145 Å². The molecule has 1 fully saturated rings. The molecule has 0 saturated carbocycles. The number of thioether (sulfide) groups is 1. The van der Waals surface area contributed by atoms with E-state index in [-0.39, 0.29) is 0 Å². The molecule has 0 nitrogen and oxygen atoms in total. The maximum absolute atomic E-state index is 2.55. The van der Waals surface area contributed by atoms with Gasteiger partial charge in [-0.15, -0.1) is 0 Å². The van der Waals surface area contributed by atoms with Crippen molar-refractivity contribution in [3.05, 3.63) is 0 Å². The molecule has 1 aliphatic rings. The van der Waals surface area contributed by atoms with E-state index in [1.807, 2.05) is 0 Å². The van der Waals surface area contributed by atoms with Gasteiger partial charge in [-0.25, -0.2) is 0 Å². The zero-order chi connectivity index (χ0) is 16.9. The first-order valence-electron chi connectivity index (χ1n) is 9.83. The van der Waals surface area contributed by atoms with Crippen molar-refractivity contribution in [2.24, 2.45) is 16.7 Å². The van der Waals surface area contributed by atoms with Crippen molar-refractivity contribution < 1.29 is 0 Å². The monoisotopic (exact) mass is 326 g/mol. The first kappa shape index (κ1) is 20.4. The standard InChI is InChI=1S/C21H42S/c1-8-9-10-11-12-13-14-15-16-21(7)20(5,6)19(3,4)18(2)17-22-21/h18H,8-17H2,1-7H3. The van der Waals surface area contributed by atoms with Crippen LogP contribution in [0.25, 0.3) is 0 Å². The number of rotatable bonds is 9. The Hall–Kier alpha value is 0.350. The Morgan fingerprint density at radius 3 is 1.86 bits per heavy atom. The third kappa shape index (κ3) is 4.46. The molecule has 0 bridgehead atoms. The Kier molecular flexibility index (Phi) is 7.83. The van der Waals surface area contributed by atoms with Crippen LogP contribution in [-0.2, 0) is 0 Å². The molecule has 0 aromatic heterocycles. The van der Waals surface area contributed by atoms with Crippen LogP contribution in [0.5, 0.6) is 0 Å². The largest absolute Gasteiger partial charge is 0.155 e. The summed E-state index contributed by atoms with van der Waals surface area (Å²) in [6, 6.07) is 0. The third-order valence-electron chi connectivity index (χ3n) is 7.32. The molecular weight excluding hydrogens is 284 g/mol. The summed E-state index contributed by atoms with van der Waals surface area (Å²) in [5, 5.41) is 0. The molecule has 1 heteroatoms. The second-order valence-corrected chi connectivity index (χ2v) is 10.5. The summed E-state index contributed by atoms with van der Waals surface area (Å²) in [5.74, 6) is 2.16. The van der Waals surface area contributed by atoms with Gasteiger partial charge in [0.2, 0.25) is 0 Å². The molecule has 2 unspecified atom stereocenters. The molecule has 0 radical (unpaired) electrons. The fourth-order valence-electron chi connectivity index (χ4n) is 3.98. The van der Waals surface area contributed by atoms with Crippen LogP contribution in [0.1, 0.15) is 106 Å². The smallest absolute Gasteiger partial charge is 0.0188 e. The molecule has 1 aliphatic heterocycles. The van der Waals surface area contributed by atoms with Gasteiger partial charge in [0, 0.05) is 4.75 Å². The minimum absolute atomic E-state index is 0.406. The number of unbranched alkanes of at least 4 members (excludes halogenated alkanes) is 7. The summed E-state index contributed by atoms with van der Waals surface area (Å²) < 4.78 is 0.450. The average molecular weight is 327 g/mol. The van der Waals surface area contributed by atoms with E-state index in [4.69, 9.17) is 0 Å². The summed E-state index contributed by atoms with van der Waals surface area (Å²) in [5.41, 5.74) is 0.844. The molecule has 1 heterocycles. The van der Waals surface area contributed by atoms with Gasteiger partial charge in [-0.1, -0.05) is 92.9 Å². The second kappa shape index (κ2) is 8.45. The highest BCUT2D eigenvalue weighted by atomic mass is 32.2. The van der Waals surface area contributed by atoms with Crippen molar-refractivity contribution >= 4 is 11.8 Å². The van der Waals surface area contributed by atoms with Crippen molar-refractivity contribution in [2.45, 2.75) is 111 Å². The second-order valence-electron chi connectivity index (χ2n) is 9.01. The van der Waals surface area contributed by atoms with Crippen molar-refractivity contribution in [3.8, 4) is 0 Å². The number of hydrogen-bond donors (Lipinski definition) is 0. The molecule has 1 rings (SSSR count). The molecule has 132 valence electrons. The van der Waals surface area contributed by atoms with Gasteiger partial charge in [0.25, 0.3) is 0 Å². The zero-order valence-corrected chi connectivity index (χ0v) is 17.4. The maximum Gasteiger partial charge on any atom is 0.0188 e. The molecular formula is C21H42S. The predicted molar refractivity (Wildman–Crippen MR) is 105 cm³/mol. The molecule has 0 aliphatic carbocycles. The summed E-state index contributed by atoms with van der Waals surface area (Å²) >= 11 is 2.26. The van der Waals surface area contributed by atoms with Crippen LogP contribution in [0.3, 0.4) is 0 Å². The first-order valence-corrected chi connectivity index (χ1v) is 10.8. The van der Waals surface area contributed by atoms with Gasteiger partial charge in [-0.3, -0.25) is 0 Å². The normalized spacial score (nSPS) is 30.4. The molecule has 22 heavy (non-hydrogen) atoms. The van der Waals surface area contributed by atoms with Gasteiger partial charge < -0.3 is 0 Å². The van der Waals surface area contributed by atoms with E-state index in [0.29, 0.717) is 15.6 Å². The maximum atomic E-state index is 2.55. The molecule has 0 N–H and O–H groups in total. The molecule has 1 saturated heterocycles. The van der Waals surface area contributed by atoms with Crippen molar-refractivity contribution in [1.82, 2.24) is 0 Å². The molecule has 2 atom stereocenters. The zero-order valence-electron chi connectivity index (χ0n) is 16.6. The van der Waals surface area contributed by atoms with Crippen molar-refractivity contribution in [1.29, 1.82) is 0 Å². The van der Waals surface area contributed by atoms with Crippen LogP contribution in [-0.4, -0.2) is 10.5 Å². The van der Waals surface area contributed by atoms with E-state index in [1.165, 1.54) is 63.5 Å². The number of hydrogen-bond acceptors (Lipinski definition) is 1. The summed E-state index contributed by atoms with van der Waals surface area (Å²) in [6.45, 7) is 17.4. The Morgan fingerprint density at radius 2 is 1.32 bits per heavy atom. The highest BCUT2D eigenvalue weighted by Crippen LogP contribution is 2.62. The van der Waals surface area contributed by atoms with Gasteiger partial charge in [-0.05, 0) is 35.8 Å². The highest BCUT2D eigenvalue weighted by Gasteiger charge is 2.55. The Balaban J connectivity index is 2.38. The molecule has 0 amide bonds. The van der Waals surface area contributed by atoms with Gasteiger partial charge in [0.15, 0.2) is 0 Å². The van der Waals surface area contributed by atoms with E-state index in [2.05, 4.69) is 60.2 Å². The molecule has 0 aromatic rings. The SMILES string of the molecule is CCCCCCCCCCC1(C)SCC(C)C(C)(C)C1(C)C. The van der Waals surface area contributed by atoms with Crippen LogP contribution >= 0.6 is 11.8 Å². The summed E-state index contributed by atoms with van der Waals surface area (Å²) in [4.78, 5) is 0. The highest BCUT2D eigenvalue weighted by molar-refractivity contribution is 8.00. The van der Waals surface area contributed by atoms with E-state index in [1.54, 1.807) is 0 Å². The quantitative estimate of drug-likeness (QED) is 0.391. The van der Waals surface area contributed by atoms with Crippen LogP contribution in [0.2, 0.25) is 0 Å². The van der Waals surface area contributed by atoms with Gasteiger partial charge in [-0.2, -0.15) is 11.8 Å². The lowest BCUT2D eigenvalue weighted by molar-refractivity contribution is 0.0109. The van der Waals surface area contributed by atoms with E-state index in [0.717, 1.165) is 5.92 Å². The summed E-state index contributed by atoms with van der Waals surface area (Å²) in [6.07, 6.45) is 12.9. The lowest BCUT2D eigenvalue weighted by Gasteiger charge is -2.60. The van der Waals surface area contributed by atoms with Gasteiger partial charge in [0.05, 0.1) is 0 Å². The van der Waals surface area contributed by atoms with Crippen molar-refractivity contribution in [3.63, 3.8) is 0 Å². The average Bonchev–Trinajstić information content (AvgIpc) is 2.45. The van der Waals surface area contributed by atoms with Crippen LogP contribution < -0.4 is 0 Å². The lowest BCUT2D eigenvalue weighted by atomic mass is 9.55. The van der Waals surface area contributed by atoms with E-state index in [9.17, 15) is 0 Å². The van der Waals surface area contributed by atoms with Gasteiger partial charge >= 0.3 is 0 Å². The molecule has 0 spiro atoms. The summed E-state index contributed by atoms with van der Waals surface area (Å²) in [7, 11) is 0. The lowest BCUT2D eigenvalue weighted by Crippen LogP contribution is -2.55. The predicted octanol–water partition coefficient (Wildman–Crippen LogP) is 7.71. The van der Waals surface area contributed by atoms with Gasteiger partial charge in [0.1, 0.15) is 0 Å². The third-order valence-corrected chi connectivity index (χ3v) is 9.34. The Bertz CT molecular complexity index is 318. The first-order chi connectivity index (χ1) is 10.2. The van der Waals surface area contributed by atoms with E-state index < -0.39 is 0 Å². The Morgan fingerprint density at radius 1 is 0.818 bits per heavy atom. The van der Waals surface area contributed by atoms with Crippen LogP contribution in [0.15, 0.2) is 0 Å². The minimum atomic E-state index is 0.406. The topological polar surface area (TPSA) is 0 Å².